The van der Waals surface area contributed by atoms with Crippen molar-refractivity contribution in [1.29, 1.82) is 5.26 Å². The standard InChI is InChI=1S/C24H21Cl2N3O4S/c1-29-12-11-17(15-29)32-23-13-16(7-9-21(23)25)19-8-10-22(20(14-27)24(19)26)33-28-34(30,31)18-5-3-2-4-6-18/h2-10,13,17,28H,11-12,15H2,1H3/t17-/m1/s1. The molecular weight excluding hydrogens is 497 g/mol. The molecule has 1 aliphatic rings. The molecule has 4 rings (SSSR count). The summed E-state index contributed by atoms with van der Waals surface area (Å²) in [5.41, 5.74) is 1.25. The van der Waals surface area contributed by atoms with Crippen molar-refractivity contribution in [3.05, 3.63) is 76.3 Å². The van der Waals surface area contributed by atoms with E-state index >= 15 is 0 Å². The molecule has 0 aromatic heterocycles. The minimum Gasteiger partial charge on any atom is -0.487 e. The highest BCUT2D eigenvalue weighted by atomic mass is 35.5. The van der Waals surface area contributed by atoms with Crippen molar-refractivity contribution >= 4 is 33.2 Å². The minimum atomic E-state index is -3.94. The highest BCUT2D eigenvalue weighted by molar-refractivity contribution is 7.89. The van der Waals surface area contributed by atoms with E-state index in [4.69, 9.17) is 32.8 Å². The Kier molecular flexibility index (Phi) is 7.31. The highest BCUT2D eigenvalue weighted by Gasteiger charge is 2.23. The molecule has 1 saturated heterocycles. The highest BCUT2D eigenvalue weighted by Crippen LogP contribution is 2.39. The molecule has 1 aliphatic heterocycles. The fraction of sp³-hybridized carbons (Fsp3) is 0.208. The average Bonchev–Trinajstić information content (AvgIpc) is 3.24. The number of benzene rings is 3. The molecule has 0 unspecified atom stereocenters. The summed E-state index contributed by atoms with van der Waals surface area (Å²) >= 11 is 12.9. The number of hydrogen-bond acceptors (Lipinski definition) is 6. The van der Waals surface area contributed by atoms with Crippen molar-refractivity contribution in [2.24, 2.45) is 0 Å². The van der Waals surface area contributed by atoms with Crippen molar-refractivity contribution in [3.63, 3.8) is 0 Å². The second kappa shape index (κ2) is 10.2. The molecule has 0 saturated carbocycles. The number of sulfonamides is 1. The Morgan fingerprint density at radius 3 is 2.53 bits per heavy atom. The minimum absolute atomic E-state index is 0.00948. The largest absolute Gasteiger partial charge is 0.487 e. The van der Waals surface area contributed by atoms with E-state index in [1.54, 1.807) is 42.5 Å². The number of nitriles is 1. The quantitative estimate of drug-likeness (QED) is 0.448. The molecule has 34 heavy (non-hydrogen) atoms. The maximum absolute atomic E-state index is 12.4. The smallest absolute Gasteiger partial charge is 0.271 e. The van der Waals surface area contributed by atoms with Crippen molar-refractivity contribution in [1.82, 2.24) is 9.79 Å². The Bertz CT molecular complexity index is 1340. The van der Waals surface area contributed by atoms with Gasteiger partial charge in [0.2, 0.25) is 0 Å². The lowest BCUT2D eigenvalue weighted by Gasteiger charge is -2.17. The summed E-state index contributed by atoms with van der Waals surface area (Å²) in [4.78, 5) is 9.51. The maximum Gasteiger partial charge on any atom is 0.271 e. The van der Waals surface area contributed by atoms with E-state index in [9.17, 15) is 13.7 Å². The zero-order valence-electron chi connectivity index (χ0n) is 18.2. The molecule has 7 nitrogen and oxygen atoms in total. The third kappa shape index (κ3) is 5.30. The predicted molar refractivity (Wildman–Crippen MR) is 131 cm³/mol. The van der Waals surface area contributed by atoms with Gasteiger partial charge in [0.1, 0.15) is 23.5 Å². The van der Waals surface area contributed by atoms with Crippen LogP contribution >= 0.6 is 23.2 Å². The molecule has 0 bridgehead atoms. The summed E-state index contributed by atoms with van der Waals surface area (Å²) in [6, 6.07) is 18.1. The predicted octanol–water partition coefficient (Wildman–Crippen LogP) is 4.89. The van der Waals surface area contributed by atoms with E-state index in [0.29, 0.717) is 21.9 Å². The Balaban J connectivity index is 1.59. The molecule has 0 aliphatic carbocycles. The van der Waals surface area contributed by atoms with E-state index in [-0.39, 0.29) is 27.3 Å². The SMILES string of the molecule is CN1CC[C@@H](Oc2cc(-c3ccc(ONS(=O)(=O)c4ccccc4)c(C#N)c3Cl)ccc2Cl)C1. The fourth-order valence-corrected chi connectivity index (χ4v) is 4.93. The number of hydrogen-bond donors (Lipinski definition) is 1. The van der Waals surface area contributed by atoms with Crippen LogP contribution < -0.4 is 14.5 Å². The van der Waals surface area contributed by atoms with Gasteiger partial charge in [-0.15, -0.1) is 0 Å². The van der Waals surface area contributed by atoms with Crippen LogP contribution in [-0.4, -0.2) is 39.6 Å². The van der Waals surface area contributed by atoms with Gasteiger partial charge in [-0.2, -0.15) is 5.26 Å². The first-order valence-corrected chi connectivity index (χ1v) is 12.6. The molecular formula is C24H21Cl2N3O4S. The van der Waals surface area contributed by atoms with Crippen LogP contribution in [0, 0.1) is 11.3 Å². The van der Waals surface area contributed by atoms with Crippen LogP contribution in [0.25, 0.3) is 11.1 Å². The average molecular weight is 518 g/mol. The molecule has 1 atom stereocenters. The summed E-state index contributed by atoms with van der Waals surface area (Å²) in [6.45, 7) is 1.76. The Labute approximate surface area is 208 Å². The zero-order chi connectivity index (χ0) is 24.3. The number of ether oxygens (including phenoxy) is 1. The van der Waals surface area contributed by atoms with Gasteiger partial charge in [-0.3, -0.25) is 0 Å². The van der Waals surface area contributed by atoms with Gasteiger partial charge >= 0.3 is 0 Å². The Morgan fingerprint density at radius 2 is 1.85 bits per heavy atom. The third-order valence-electron chi connectivity index (χ3n) is 5.41. The molecule has 0 amide bonds. The number of nitrogens with one attached hydrogen (secondary N) is 1. The van der Waals surface area contributed by atoms with Crippen molar-refractivity contribution in [2.75, 3.05) is 20.1 Å². The molecule has 0 radical (unpaired) electrons. The lowest BCUT2D eigenvalue weighted by molar-refractivity contribution is 0.208. The molecule has 10 heteroatoms. The van der Waals surface area contributed by atoms with Gasteiger partial charge in [0.25, 0.3) is 10.0 Å². The summed E-state index contributed by atoms with van der Waals surface area (Å²) in [5.74, 6) is 0.514. The number of likely N-dealkylation sites (N-methyl/N-ethyl adjacent to an activating group) is 1. The van der Waals surface area contributed by atoms with Gasteiger partial charge in [-0.25, -0.2) is 8.42 Å². The van der Waals surface area contributed by atoms with E-state index in [1.165, 1.54) is 18.2 Å². The lowest BCUT2D eigenvalue weighted by Crippen LogP contribution is -2.27. The van der Waals surface area contributed by atoms with Crippen LogP contribution in [0.3, 0.4) is 0 Å². The molecule has 1 N–H and O–H groups in total. The molecule has 3 aromatic rings. The number of halogens is 2. The summed E-state index contributed by atoms with van der Waals surface area (Å²) in [6.07, 6.45) is 0.942. The summed E-state index contributed by atoms with van der Waals surface area (Å²) in [7, 11) is -1.91. The maximum atomic E-state index is 12.4. The van der Waals surface area contributed by atoms with Crippen molar-refractivity contribution in [3.8, 4) is 28.7 Å². The molecule has 1 heterocycles. The normalized spacial score (nSPS) is 16.2. The first-order valence-electron chi connectivity index (χ1n) is 10.4. The number of nitrogens with zero attached hydrogens (tertiary/aromatic N) is 2. The Hall–Kier alpha value is -2.80. The monoisotopic (exact) mass is 517 g/mol. The van der Waals surface area contributed by atoms with Crippen LogP contribution in [0.4, 0.5) is 0 Å². The van der Waals surface area contributed by atoms with Gasteiger partial charge in [0, 0.05) is 18.7 Å². The number of rotatable bonds is 7. The summed E-state index contributed by atoms with van der Waals surface area (Å²) < 4.78 is 31.0. The molecule has 1 fully saturated rings. The van der Waals surface area contributed by atoms with Gasteiger partial charge in [-0.05, 0) is 60.3 Å². The van der Waals surface area contributed by atoms with Crippen molar-refractivity contribution < 1.29 is 18.0 Å². The summed E-state index contributed by atoms with van der Waals surface area (Å²) in [5, 5.41) is 10.3. The zero-order valence-corrected chi connectivity index (χ0v) is 20.5. The van der Waals surface area contributed by atoms with Crippen LogP contribution in [0.5, 0.6) is 11.5 Å². The van der Waals surface area contributed by atoms with Gasteiger partial charge < -0.3 is 14.5 Å². The van der Waals surface area contributed by atoms with Crippen LogP contribution in [0.1, 0.15) is 12.0 Å². The van der Waals surface area contributed by atoms with Crippen LogP contribution in [0.2, 0.25) is 10.0 Å². The molecule has 176 valence electrons. The second-order valence-electron chi connectivity index (χ2n) is 7.85. The van der Waals surface area contributed by atoms with E-state index in [0.717, 1.165) is 19.5 Å². The second-order valence-corrected chi connectivity index (χ2v) is 10.3. The van der Waals surface area contributed by atoms with E-state index in [2.05, 4.69) is 4.90 Å². The van der Waals surface area contributed by atoms with E-state index in [1.807, 2.05) is 18.0 Å². The van der Waals surface area contributed by atoms with Crippen molar-refractivity contribution in [2.45, 2.75) is 17.4 Å². The van der Waals surface area contributed by atoms with E-state index < -0.39 is 10.0 Å². The van der Waals surface area contributed by atoms with Gasteiger partial charge in [0.15, 0.2) is 5.75 Å². The molecule has 0 spiro atoms. The van der Waals surface area contributed by atoms with Gasteiger partial charge in [-0.1, -0.05) is 47.5 Å². The first-order chi connectivity index (χ1) is 16.3. The first kappa shape index (κ1) is 24.3. The molecule has 3 aromatic carbocycles. The fourth-order valence-electron chi connectivity index (χ4n) is 3.65. The third-order valence-corrected chi connectivity index (χ3v) is 7.31. The lowest BCUT2D eigenvalue weighted by atomic mass is 10.0. The van der Waals surface area contributed by atoms with Crippen LogP contribution in [0.15, 0.2) is 65.6 Å². The Morgan fingerprint density at radius 1 is 1.09 bits per heavy atom. The number of likely N-dealkylation sites (tertiary alicyclic amines) is 1. The topological polar surface area (TPSA) is 91.7 Å². The van der Waals surface area contributed by atoms with Gasteiger partial charge in [0.05, 0.1) is 14.9 Å². The van der Waals surface area contributed by atoms with Crippen LogP contribution in [-0.2, 0) is 10.0 Å².